The van der Waals surface area contributed by atoms with Crippen LogP contribution >= 0.6 is 0 Å². The number of nitrogens with zero attached hydrogens (tertiary/aromatic N) is 6. The van der Waals surface area contributed by atoms with Gasteiger partial charge in [0, 0.05) is 44.6 Å². The van der Waals surface area contributed by atoms with Gasteiger partial charge >= 0.3 is 5.69 Å². The molecule has 1 aromatic carbocycles. The van der Waals surface area contributed by atoms with Gasteiger partial charge in [0.15, 0.2) is 5.65 Å². The van der Waals surface area contributed by atoms with Crippen molar-refractivity contribution in [2.24, 2.45) is 5.92 Å². The molecular weight excluding hydrogens is 466 g/mol. The lowest BCUT2D eigenvalue weighted by Crippen LogP contribution is -2.40. The number of hydrogen-bond acceptors (Lipinski definition) is 5. The van der Waals surface area contributed by atoms with E-state index < -0.39 is 0 Å². The van der Waals surface area contributed by atoms with E-state index in [-0.39, 0.29) is 11.2 Å². The molecule has 37 heavy (non-hydrogen) atoms. The van der Waals surface area contributed by atoms with Crippen molar-refractivity contribution in [1.29, 1.82) is 0 Å². The first kappa shape index (κ1) is 25.0. The van der Waals surface area contributed by atoms with E-state index in [2.05, 4.69) is 58.1 Å². The lowest BCUT2D eigenvalue weighted by Gasteiger charge is -2.19. The zero-order valence-corrected chi connectivity index (χ0v) is 22.3. The van der Waals surface area contributed by atoms with E-state index in [4.69, 9.17) is 0 Å². The van der Waals surface area contributed by atoms with Gasteiger partial charge in [-0.15, -0.1) is 0 Å². The van der Waals surface area contributed by atoms with E-state index >= 15 is 0 Å². The van der Waals surface area contributed by atoms with Crippen molar-refractivity contribution >= 4 is 16.9 Å². The second-order valence-electron chi connectivity index (χ2n) is 10.5. The fourth-order valence-corrected chi connectivity index (χ4v) is 5.29. The SMILES string of the molecule is CCCn1c(=O)c2[nH]c(-c3cnn(CC4CCN(c5ccc(C(C)C)cc5)C4)c3)nc2n(CCC)c1=O. The Morgan fingerprint density at radius 1 is 1.05 bits per heavy atom. The van der Waals surface area contributed by atoms with Crippen LogP contribution in [0.4, 0.5) is 5.69 Å². The van der Waals surface area contributed by atoms with Gasteiger partial charge in [0.1, 0.15) is 11.3 Å². The number of aromatic nitrogens is 6. The lowest BCUT2D eigenvalue weighted by molar-refractivity contribution is 0.453. The van der Waals surface area contributed by atoms with Crippen LogP contribution in [0.15, 0.2) is 46.2 Å². The Morgan fingerprint density at radius 3 is 2.49 bits per heavy atom. The zero-order valence-electron chi connectivity index (χ0n) is 22.3. The molecule has 0 radical (unpaired) electrons. The molecule has 1 N–H and O–H groups in total. The van der Waals surface area contributed by atoms with Crippen LogP contribution in [0.3, 0.4) is 0 Å². The summed E-state index contributed by atoms with van der Waals surface area (Å²) in [6.07, 6.45) is 6.36. The van der Waals surface area contributed by atoms with Crippen LogP contribution in [0, 0.1) is 5.92 Å². The maximum absolute atomic E-state index is 13.0. The topological polar surface area (TPSA) is 93.7 Å². The largest absolute Gasteiger partial charge is 0.371 e. The molecular formula is C28H37N7O2. The third kappa shape index (κ3) is 4.86. The Balaban J connectivity index is 1.34. The molecule has 1 aliphatic rings. The summed E-state index contributed by atoms with van der Waals surface area (Å²) in [4.78, 5) is 36.3. The minimum absolute atomic E-state index is 0.292. The second-order valence-corrected chi connectivity index (χ2v) is 10.5. The van der Waals surface area contributed by atoms with E-state index in [1.165, 1.54) is 15.8 Å². The van der Waals surface area contributed by atoms with Crippen molar-refractivity contribution in [1.82, 2.24) is 28.9 Å². The molecule has 3 aromatic heterocycles. The van der Waals surface area contributed by atoms with Crippen LogP contribution in [0.25, 0.3) is 22.6 Å². The average Bonchev–Trinajstić information content (AvgIpc) is 3.65. The van der Waals surface area contributed by atoms with Crippen LogP contribution in [-0.2, 0) is 19.6 Å². The summed E-state index contributed by atoms with van der Waals surface area (Å²) in [6, 6.07) is 8.94. The van der Waals surface area contributed by atoms with Gasteiger partial charge in [-0.3, -0.25) is 18.6 Å². The number of nitrogens with one attached hydrogen (secondary N) is 1. The number of H-pyrrole nitrogens is 1. The molecule has 1 saturated heterocycles. The molecule has 4 aromatic rings. The number of aryl methyl sites for hydroxylation is 1. The molecule has 1 unspecified atom stereocenters. The van der Waals surface area contributed by atoms with Gasteiger partial charge in [0.25, 0.3) is 5.56 Å². The summed E-state index contributed by atoms with van der Waals surface area (Å²) in [6.45, 7) is 12.2. The number of imidazole rings is 1. The summed E-state index contributed by atoms with van der Waals surface area (Å²) >= 11 is 0. The third-order valence-electron chi connectivity index (χ3n) is 7.32. The van der Waals surface area contributed by atoms with E-state index in [1.54, 1.807) is 10.8 Å². The fourth-order valence-electron chi connectivity index (χ4n) is 5.29. The quantitative estimate of drug-likeness (QED) is 0.369. The summed E-state index contributed by atoms with van der Waals surface area (Å²) in [7, 11) is 0. The lowest BCUT2D eigenvalue weighted by atomic mass is 10.0. The molecule has 0 saturated carbocycles. The molecule has 1 atom stereocenters. The molecule has 9 heteroatoms. The van der Waals surface area contributed by atoms with Gasteiger partial charge in [-0.05, 0) is 48.8 Å². The first-order valence-electron chi connectivity index (χ1n) is 13.5. The smallest absolute Gasteiger partial charge is 0.332 e. The molecule has 196 valence electrons. The molecule has 0 spiro atoms. The van der Waals surface area contributed by atoms with Crippen LogP contribution in [0.1, 0.15) is 58.4 Å². The van der Waals surface area contributed by atoms with E-state index in [1.807, 2.05) is 24.7 Å². The summed E-state index contributed by atoms with van der Waals surface area (Å²) < 4.78 is 4.89. The van der Waals surface area contributed by atoms with Gasteiger partial charge in [-0.1, -0.05) is 39.8 Å². The highest BCUT2D eigenvalue weighted by Crippen LogP contribution is 2.27. The Morgan fingerprint density at radius 2 is 1.78 bits per heavy atom. The molecule has 0 aliphatic carbocycles. The number of benzene rings is 1. The number of anilines is 1. The standard InChI is InChI=1S/C28H37N7O2/c1-5-12-34-26-24(27(36)35(13-6-2)28(34)37)30-25(31-26)22-15-29-33(18-22)17-20-11-14-32(16-20)23-9-7-21(8-10-23)19(3)4/h7-10,15,18-20H,5-6,11-14,16-17H2,1-4H3,(H,30,31). The van der Waals surface area contributed by atoms with Gasteiger partial charge < -0.3 is 9.88 Å². The Labute approximate surface area is 216 Å². The highest BCUT2D eigenvalue weighted by Gasteiger charge is 2.24. The van der Waals surface area contributed by atoms with Crippen LogP contribution in [0.2, 0.25) is 0 Å². The number of hydrogen-bond donors (Lipinski definition) is 1. The number of aromatic amines is 1. The first-order chi connectivity index (χ1) is 17.9. The van der Waals surface area contributed by atoms with Gasteiger partial charge in [-0.2, -0.15) is 5.10 Å². The van der Waals surface area contributed by atoms with Gasteiger partial charge in [0.05, 0.1) is 11.8 Å². The van der Waals surface area contributed by atoms with Crippen molar-refractivity contribution in [2.45, 2.75) is 72.5 Å². The molecule has 0 bridgehead atoms. The minimum atomic E-state index is -0.312. The third-order valence-corrected chi connectivity index (χ3v) is 7.32. The van der Waals surface area contributed by atoms with E-state index in [0.717, 1.165) is 38.0 Å². The monoisotopic (exact) mass is 503 g/mol. The maximum Gasteiger partial charge on any atom is 0.332 e. The van der Waals surface area contributed by atoms with Crippen molar-refractivity contribution < 1.29 is 0 Å². The highest BCUT2D eigenvalue weighted by atomic mass is 16.2. The first-order valence-corrected chi connectivity index (χ1v) is 13.5. The molecule has 5 rings (SSSR count). The molecule has 4 heterocycles. The van der Waals surface area contributed by atoms with Crippen molar-refractivity contribution in [3.05, 3.63) is 63.1 Å². The average molecular weight is 504 g/mol. The Hall–Kier alpha value is -3.62. The molecule has 9 nitrogen and oxygen atoms in total. The summed E-state index contributed by atoms with van der Waals surface area (Å²) in [5, 5.41) is 4.59. The Kier molecular flexibility index (Phi) is 7.04. The van der Waals surface area contributed by atoms with Crippen LogP contribution in [0.5, 0.6) is 0 Å². The zero-order chi connectivity index (χ0) is 26.1. The van der Waals surface area contributed by atoms with E-state index in [9.17, 15) is 9.59 Å². The number of fused-ring (bicyclic) bond motifs is 1. The minimum Gasteiger partial charge on any atom is -0.371 e. The van der Waals surface area contributed by atoms with Crippen LogP contribution in [-0.4, -0.2) is 42.0 Å². The molecule has 1 fully saturated rings. The fraction of sp³-hybridized carbons (Fsp3) is 0.500. The van der Waals surface area contributed by atoms with Crippen molar-refractivity contribution in [3.63, 3.8) is 0 Å². The predicted octanol–water partition coefficient (Wildman–Crippen LogP) is 4.22. The summed E-state index contributed by atoms with van der Waals surface area (Å²) in [5.74, 6) is 1.61. The molecule has 0 amide bonds. The predicted molar refractivity (Wildman–Crippen MR) is 147 cm³/mol. The Bertz CT molecular complexity index is 1490. The molecule has 1 aliphatic heterocycles. The van der Waals surface area contributed by atoms with Crippen molar-refractivity contribution in [2.75, 3.05) is 18.0 Å². The van der Waals surface area contributed by atoms with Gasteiger partial charge in [0.2, 0.25) is 0 Å². The van der Waals surface area contributed by atoms with Gasteiger partial charge in [-0.25, -0.2) is 9.78 Å². The normalized spacial score (nSPS) is 15.9. The second kappa shape index (κ2) is 10.4. The number of rotatable bonds is 9. The van der Waals surface area contributed by atoms with Crippen molar-refractivity contribution in [3.8, 4) is 11.4 Å². The van der Waals surface area contributed by atoms with E-state index in [0.29, 0.717) is 48.3 Å². The summed E-state index contributed by atoms with van der Waals surface area (Å²) in [5.41, 5.74) is 3.65. The van der Waals surface area contributed by atoms with Crippen LogP contribution < -0.4 is 16.1 Å². The highest BCUT2D eigenvalue weighted by molar-refractivity contribution is 5.75. The maximum atomic E-state index is 13.0.